The molecular weight excluding hydrogens is 278 g/mol. The van der Waals surface area contributed by atoms with Crippen LogP contribution in [0.4, 0.5) is 16.2 Å². The minimum atomic E-state index is -0.00773. The van der Waals surface area contributed by atoms with Gasteiger partial charge in [-0.2, -0.15) is 0 Å². The van der Waals surface area contributed by atoms with E-state index in [1.165, 1.54) is 0 Å². The van der Waals surface area contributed by atoms with E-state index >= 15 is 0 Å². The average molecular weight is 303 g/mol. The first-order chi connectivity index (χ1) is 10.5. The summed E-state index contributed by atoms with van der Waals surface area (Å²) in [5.74, 6) is 0. The van der Waals surface area contributed by atoms with E-state index in [2.05, 4.69) is 42.7 Å². The monoisotopic (exact) mass is 303 g/mol. The lowest BCUT2D eigenvalue weighted by atomic mass is 9.82. The van der Waals surface area contributed by atoms with Gasteiger partial charge in [-0.1, -0.05) is 19.9 Å². The second-order valence-corrected chi connectivity index (χ2v) is 6.91. The Balaban J connectivity index is 1.81. The molecule has 0 spiro atoms. The maximum absolute atomic E-state index is 11.9. The van der Waals surface area contributed by atoms with Crippen LogP contribution >= 0.6 is 0 Å². The highest BCUT2D eigenvalue weighted by Gasteiger charge is 2.33. The standard InChI is InChI=1S/C17H25N3O2/c1-12-4-5-13(10-14(12)20-8-7-18-16(20)21)19-15-6-9-22-11-17(15,2)3/h4-5,10,15,19H,6-9,11H2,1-3H3,(H,18,21). The first-order valence-corrected chi connectivity index (χ1v) is 7.98. The molecule has 2 saturated heterocycles. The molecule has 0 saturated carbocycles. The summed E-state index contributed by atoms with van der Waals surface area (Å²) < 4.78 is 5.59. The van der Waals surface area contributed by atoms with Crippen LogP contribution in [0.15, 0.2) is 18.2 Å². The number of anilines is 2. The lowest BCUT2D eigenvalue weighted by molar-refractivity contribution is 0.00347. The summed E-state index contributed by atoms with van der Waals surface area (Å²) in [6, 6.07) is 6.63. The van der Waals surface area contributed by atoms with Gasteiger partial charge in [0.05, 0.1) is 12.3 Å². The van der Waals surface area contributed by atoms with E-state index in [-0.39, 0.29) is 11.4 Å². The van der Waals surface area contributed by atoms with E-state index in [1.807, 2.05) is 11.8 Å². The SMILES string of the molecule is Cc1ccc(NC2CCOCC2(C)C)cc1N1CCNC1=O. The molecule has 5 nitrogen and oxygen atoms in total. The topological polar surface area (TPSA) is 53.6 Å². The summed E-state index contributed by atoms with van der Waals surface area (Å²) in [4.78, 5) is 13.7. The van der Waals surface area contributed by atoms with Crippen LogP contribution in [0.25, 0.3) is 0 Å². The zero-order valence-corrected chi connectivity index (χ0v) is 13.6. The van der Waals surface area contributed by atoms with Crippen LogP contribution in [-0.2, 0) is 4.74 Å². The summed E-state index contributed by atoms with van der Waals surface area (Å²) in [7, 11) is 0. The van der Waals surface area contributed by atoms with Crippen molar-refractivity contribution in [2.24, 2.45) is 5.41 Å². The number of urea groups is 1. The molecule has 22 heavy (non-hydrogen) atoms. The van der Waals surface area contributed by atoms with Crippen molar-refractivity contribution in [1.82, 2.24) is 5.32 Å². The molecular formula is C17H25N3O2. The Morgan fingerprint density at radius 1 is 1.41 bits per heavy atom. The van der Waals surface area contributed by atoms with Gasteiger partial charge in [0.2, 0.25) is 0 Å². The lowest BCUT2D eigenvalue weighted by Crippen LogP contribution is -2.44. The largest absolute Gasteiger partial charge is 0.382 e. The molecule has 120 valence electrons. The highest BCUT2D eigenvalue weighted by Crippen LogP contribution is 2.32. The van der Waals surface area contributed by atoms with Crippen LogP contribution in [0, 0.1) is 12.3 Å². The van der Waals surface area contributed by atoms with E-state index in [0.29, 0.717) is 12.6 Å². The molecule has 2 fully saturated rings. The van der Waals surface area contributed by atoms with Crippen molar-refractivity contribution in [3.05, 3.63) is 23.8 Å². The second kappa shape index (κ2) is 5.80. The van der Waals surface area contributed by atoms with Crippen molar-refractivity contribution >= 4 is 17.4 Å². The van der Waals surface area contributed by atoms with Gasteiger partial charge in [0.25, 0.3) is 0 Å². The van der Waals surface area contributed by atoms with Crippen molar-refractivity contribution in [2.45, 2.75) is 33.2 Å². The van der Waals surface area contributed by atoms with E-state index in [1.54, 1.807) is 0 Å². The number of rotatable bonds is 3. The number of nitrogens with one attached hydrogen (secondary N) is 2. The number of carbonyl (C=O) groups excluding carboxylic acids is 1. The molecule has 2 heterocycles. The van der Waals surface area contributed by atoms with E-state index in [0.717, 1.165) is 43.1 Å². The fourth-order valence-electron chi connectivity index (χ4n) is 3.19. The third kappa shape index (κ3) is 2.90. The molecule has 5 heteroatoms. The normalized spacial score (nSPS) is 24.2. The molecule has 3 rings (SSSR count). The van der Waals surface area contributed by atoms with Gasteiger partial charge in [-0.15, -0.1) is 0 Å². The summed E-state index contributed by atoms with van der Waals surface area (Å²) >= 11 is 0. The third-order valence-electron chi connectivity index (χ3n) is 4.67. The van der Waals surface area contributed by atoms with Gasteiger partial charge in [-0.05, 0) is 31.0 Å². The number of carbonyl (C=O) groups is 1. The zero-order chi connectivity index (χ0) is 15.7. The van der Waals surface area contributed by atoms with Gasteiger partial charge in [0.15, 0.2) is 0 Å². The molecule has 2 N–H and O–H groups in total. The Bertz CT molecular complexity index is 571. The van der Waals surface area contributed by atoms with Gasteiger partial charge in [-0.25, -0.2) is 4.79 Å². The Labute approximate surface area is 132 Å². The molecule has 0 aromatic heterocycles. The molecule has 2 amide bonds. The summed E-state index contributed by atoms with van der Waals surface area (Å²) in [5.41, 5.74) is 3.29. The third-order valence-corrected chi connectivity index (χ3v) is 4.67. The van der Waals surface area contributed by atoms with Crippen LogP contribution in [0.5, 0.6) is 0 Å². The number of amides is 2. The van der Waals surface area contributed by atoms with E-state index in [9.17, 15) is 4.79 Å². The molecule has 1 aromatic rings. The quantitative estimate of drug-likeness (QED) is 0.903. The van der Waals surface area contributed by atoms with Crippen LogP contribution in [0.1, 0.15) is 25.8 Å². The van der Waals surface area contributed by atoms with Gasteiger partial charge >= 0.3 is 6.03 Å². The Hall–Kier alpha value is -1.75. The van der Waals surface area contributed by atoms with Crippen LogP contribution in [0.3, 0.4) is 0 Å². The number of hydrogen-bond acceptors (Lipinski definition) is 3. The predicted octanol–water partition coefficient (Wildman–Crippen LogP) is 2.75. The fourth-order valence-corrected chi connectivity index (χ4v) is 3.19. The van der Waals surface area contributed by atoms with Crippen LogP contribution in [0.2, 0.25) is 0 Å². The number of ether oxygens (including phenoxy) is 1. The van der Waals surface area contributed by atoms with Gasteiger partial charge < -0.3 is 15.4 Å². The van der Waals surface area contributed by atoms with Crippen molar-refractivity contribution in [1.29, 1.82) is 0 Å². The van der Waals surface area contributed by atoms with Crippen molar-refractivity contribution in [2.75, 3.05) is 36.5 Å². The molecule has 0 aliphatic carbocycles. The smallest absolute Gasteiger partial charge is 0.322 e. The maximum Gasteiger partial charge on any atom is 0.322 e. The number of hydrogen-bond donors (Lipinski definition) is 2. The van der Waals surface area contributed by atoms with Gasteiger partial charge in [-0.3, -0.25) is 4.90 Å². The Kier molecular flexibility index (Phi) is 4.00. The summed E-state index contributed by atoms with van der Waals surface area (Å²) in [6.07, 6.45) is 1.00. The fraction of sp³-hybridized carbons (Fsp3) is 0.588. The van der Waals surface area contributed by atoms with Crippen molar-refractivity contribution in [3.8, 4) is 0 Å². The minimum Gasteiger partial charge on any atom is -0.382 e. The molecule has 0 bridgehead atoms. The first-order valence-electron chi connectivity index (χ1n) is 7.98. The number of nitrogens with zero attached hydrogens (tertiary/aromatic N) is 1. The Morgan fingerprint density at radius 3 is 2.91 bits per heavy atom. The molecule has 2 aliphatic rings. The van der Waals surface area contributed by atoms with Gasteiger partial charge in [0, 0.05) is 36.8 Å². The Morgan fingerprint density at radius 2 is 2.23 bits per heavy atom. The lowest BCUT2D eigenvalue weighted by Gasteiger charge is -2.39. The van der Waals surface area contributed by atoms with Gasteiger partial charge in [0.1, 0.15) is 0 Å². The number of aryl methyl sites for hydroxylation is 1. The second-order valence-electron chi connectivity index (χ2n) is 6.91. The van der Waals surface area contributed by atoms with E-state index < -0.39 is 0 Å². The molecule has 2 aliphatic heterocycles. The minimum absolute atomic E-state index is 0.00773. The molecule has 0 radical (unpaired) electrons. The molecule has 1 aromatic carbocycles. The zero-order valence-electron chi connectivity index (χ0n) is 13.6. The van der Waals surface area contributed by atoms with Crippen LogP contribution in [-0.4, -0.2) is 38.4 Å². The molecule has 1 unspecified atom stereocenters. The maximum atomic E-state index is 11.9. The van der Waals surface area contributed by atoms with Crippen molar-refractivity contribution < 1.29 is 9.53 Å². The average Bonchev–Trinajstić information content (AvgIpc) is 2.89. The molecule has 1 atom stereocenters. The predicted molar refractivity (Wildman–Crippen MR) is 88.6 cm³/mol. The summed E-state index contributed by atoms with van der Waals surface area (Å²) in [5, 5.41) is 6.50. The van der Waals surface area contributed by atoms with Crippen molar-refractivity contribution in [3.63, 3.8) is 0 Å². The first kappa shape index (κ1) is 15.2. The van der Waals surface area contributed by atoms with Crippen LogP contribution < -0.4 is 15.5 Å². The number of benzene rings is 1. The highest BCUT2D eigenvalue weighted by molar-refractivity contribution is 5.95. The summed E-state index contributed by atoms with van der Waals surface area (Å²) in [6.45, 7) is 9.52. The highest BCUT2D eigenvalue weighted by atomic mass is 16.5. The van der Waals surface area contributed by atoms with E-state index in [4.69, 9.17) is 4.74 Å².